The van der Waals surface area contributed by atoms with Gasteiger partial charge in [-0.25, -0.2) is 0 Å². The molecule has 15 heavy (non-hydrogen) atoms. The lowest BCUT2D eigenvalue weighted by atomic mass is 10.2. The number of benzene rings is 1. The van der Waals surface area contributed by atoms with Crippen LogP contribution in [0.4, 0.5) is 0 Å². The van der Waals surface area contributed by atoms with E-state index in [0.29, 0.717) is 13.2 Å². The Morgan fingerprint density at radius 1 is 1.20 bits per heavy atom. The fourth-order valence-corrected chi connectivity index (χ4v) is 1.78. The Morgan fingerprint density at radius 3 is 2.60 bits per heavy atom. The summed E-state index contributed by atoms with van der Waals surface area (Å²) in [4.78, 5) is 0. The van der Waals surface area contributed by atoms with Gasteiger partial charge in [0.15, 0.2) is 0 Å². The molecular weight excluding hydrogens is 190 g/mol. The van der Waals surface area contributed by atoms with Crippen LogP contribution in [0.25, 0.3) is 0 Å². The highest BCUT2D eigenvalue weighted by molar-refractivity contribution is 5.20. The zero-order valence-corrected chi connectivity index (χ0v) is 8.76. The Balaban J connectivity index is 1.75. The average Bonchev–Trinajstić information content (AvgIpc) is 2.76. The van der Waals surface area contributed by atoms with Crippen LogP contribution >= 0.6 is 0 Å². The van der Waals surface area contributed by atoms with Gasteiger partial charge >= 0.3 is 0 Å². The molecule has 2 rings (SSSR count). The van der Waals surface area contributed by atoms with Crippen molar-refractivity contribution in [2.45, 2.75) is 25.0 Å². The molecule has 1 saturated heterocycles. The summed E-state index contributed by atoms with van der Waals surface area (Å²) in [6.45, 7) is 1.24. The standard InChI is InChI=1S/C12H17NO2/c13-8-11-6-7-12(15-11)9-14-10-4-2-1-3-5-10/h1-5,11-12H,6-9,13H2. The predicted octanol–water partition coefficient (Wildman–Crippen LogP) is 1.57. The van der Waals surface area contributed by atoms with Crippen LogP contribution in [0.15, 0.2) is 30.3 Å². The molecule has 1 heterocycles. The average molecular weight is 207 g/mol. The smallest absolute Gasteiger partial charge is 0.119 e. The quantitative estimate of drug-likeness (QED) is 0.815. The summed E-state index contributed by atoms with van der Waals surface area (Å²) < 4.78 is 11.3. The first kappa shape index (κ1) is 10.5. The van der Waals surface area contributed by atoms with E-state index in [-0.39, 0.29) is 12.2 Å². The van der Waals surface area contributed by atoms with E-state index in [4.69, 9.17) is 15.2 Å². The third-order valence-corrected chi connectivity index (χ3v) is 2.64. The lowest BCUT2D eigenvalue weighted by Gasteiger charge is -2.13. The molecule has 2 atom stereocenters. The van der Waals surface area contributed by atoms with Gasteiger partial charge in [-0.15, -0.1) is 0 Å². The summed E-state index contributed by atoms with van der Waals surface area (Å²) >= 11 is 0. The van der Waals surface area contributed by atoms with Crippen molar-refractivity contribution in [3.05, 3.63) is 30.3 Å². The van der Waals surface area contributed by atoms with Crippen LogP contribution in [0, 0.1) is 0 Å². The van der Waals surface area contributed by atoms with Crippen LogP contribution < -0.4 is 10.5 Å². The first-order chi connectivity index (χ1) is 7.38. The number of hydrogen-bond donors (Lipinski definition) is 1. The third-order valence-electron chi connectivity index (χ3n) is 2.64. The largest absolute Gasteiger partial charge is 0.491 e. The Morgan fingerprint density at radius 2 is 1.93 bits per heavy atom. The monoisotopic (exact) mass is 207 g/mol. The molecule has 0 saturated carbocycles. The van der Waals surface area contributed by atoms with Crippen LogP contribution in [-0.2, 0) is 4.74 Å². The SMILES string of the molecule is NCC1CCC(COc2ccccc2)O1. The highest BCUT2D eigenvalue weighted by Crippen LogP contribution is 2.20. The number of hydrogen-bond acceptors (Lipinski definition) is 3. The van der Waals surface area contributed by atoms with Crippen molar-refractivity contribution >= 4 is 0 Å². The van der Waals surface area contributed by atoms with Crippen molar-refractivity contribution in [3.8, 4) is 5.75 Å². The van der Waals surface area contributed by atoms with Gasteiger partial charge in [0.1, 0.15) is 12.4 Å². The fourth-order valence-electron chi connectivity index (χ4n) is 1.78. The molecule has 0 amide bonds. The first-order valence-corrected chi connectivity index (χ1v) is 5.42. The number of ether oxygens (including phenoxy) is 2. The summed E-state index contributed by atoms with van der Waals surface area (Å²) in [6.07, 6.45) is 2.54. The molecule has 0 aromatic heterocycles. The van der Waals surface area contributed by atoms with Gasteiger partial charge in [-0.3, -0.25) is 0 Å². The molecule has 2 N–H and O–H groups in total. The molecule has 1 aromatic rings. The normalized spacial score (nSPS) is 25.4. The highest BCUT2D eigenvalue weighted by atomic mass is 16.5. The second-order valence-electron chi connectivity index (χ2n) is 3.82. The molecule has 0 spiro atoms. The van der Waals surface area contributed by atoms with E-state index < -0.39 is 0 Å². The van der Waals surface area contributed by atoms with Crippen molar-refractivity contribution in [1.29, 1.82) is 0 Å². The van der Waals surface area contributed by atoms with E-state index in [1.54, 1.807) is 0 Å². The van der Waals surface area contributed by atoms with E-state index in [1.165, 1.54) is 0 Å². The minimum absolute atomic E-state index is 0.207. The van der Waals surface area contributed by atoms with Gasteiger partial charge in [0.2, 0.25) is 0 Å². The van der Waals surface area contributed by atoms with Crippen molar-refractivity contribution in [2.75, 3.05) is 13.2 Å². The van der Waals surface area contributed by atoms with Gasteiger partial charge in [0.05, 0.1) is 12.2 Å². The van der Waals surface area contributed by atoms with Gasteiger partial charge in [0.25, 0.3) is 0 Å². The van der Waals surface area contributed by atoms with Crippen LogP contribution in [0.2, 0.25) is 0 Å². The second-order valence-corrected chi connectivity index (χ2v) is 3.82. The highest BCUT2D eigenvalue weighted by Gasteiger charge is 2.24. The van der Waals surface area contributed by atoms with E-state index in [1.807, 2.05) is 30.3 Å². The fraction of sp³-hybridized carbons (Fsp3) is 0.500. The molecule has 1 aliphatic rings. The molecule has 1 aromatic carbocycles. The molecular formula is C12H17NO2. The summed E-state index contributed by atoms with van der Waals surface area (Å²) in [5.41, 5.74) is 5.54. The minimum Gasteiger partial charge on any atom is -0.491 e. The third kappa shape index (κ3) is 2.94. The van der Waals surface area contributed by atoms with Crippen LogP contribution in [0.3, 0.4) is 0 Å². The summed E-state index contributed by atoms with van der Waals surface area (Å²) in [5.74, 6) is 0.900. The predicted molar refractivity (Wildman–Crippen MR) is 58.9 cm³/mol. The zero-order chi connectivity index (χ0) is 10.5. The van der Waals surface area contributed by atoms with Crippen molar-refractivity contribution in [2.24, 2.45) is 5.73 Å². The summed E-state index contributed by atoms with van der Waals surface area (Å²) in [7, 11) is 0. The second kappa shape index (κ2) is 5.14. The molecule has 2 unspecified atom stereocenters. The zero-order valence-electron chi connectivity index (χ0n) is 8.76. The van der Waals surface area contributed by atoms with E-state index >= 15 is 0 Å². The van der Waals surface area contributed by atoms with Crippen LogP contribution in [0.1, 0.15) is 12.8 Å². The van der Waals surface area contributed by atoms with Crippen molar-refractivity contribution in [1.82, 2.24) is 0 Å². The van der Waals surface area contributed by atoms with Gasteiger partial charge < -0.3 is 15.2 Å². The van der Waals surface area contributed by atoms with Gasteiger partial charge in [-0.1, -0.05) is 18.2 Å². The maximum absolute atomic E-state index is 5.68. The molecule has 1 fully saturated rings. The summed E-state index contributed by atoms with van der Waals surface area (Å²) in [6, 6.07) is 9.81. The van der Waals surface area contributed by atoms with Gasteiger partial charge in [-0.05, 0) is 25.0 Å². The topological polar surface area (TPSA) is 44.5 Å². The molecule has 0 radical (unpaired) electrons. The van der Waals surface area contributed by atoms with Crippen molar-refractivity contribution < 1.29 is 9.47 Å². The Kier molecular flexibility index (Phi) is 3.59. The van der Waals surface area contributed by atoms with Gasteiger partial charge in [-0.2, -0.15) is 0 Å². The number of nitrogens with two attached hydrogens (primary N) is 1. The van der Waals surface area contributed by atoms with E-state index in [2.05, 4.69) is 0 Å². The van der Waals surface area contributed by atoms with Crippen LogP contribution in [0.5, 0.6) is 5.75 Å². The number of rotatable bonds is 4. The molecule has 82 valence electrons. The summed E-state index contributed by atoms with van der Waals surface area (Å²) in [5, 5.41) is 0. The molecule has 3 heteroatoms. The lowest BCUT2D eigenvalue weighted by molar-refractivity contribution is 0.0222. The lowest BCUT2D eigenvalue weighted by Crippen LogP contribution is -2.23. The minimum atomic E-state index is 0.207. The Bertz CT molecular complexity index is 289. The Labute approximate surface area is 90.2 Å². The van der Waals surface area contributed by atoms with E-state index in [9.17, 15) is 0 Å². The molecule has 1 aliphatic heterocycles. The Hall–Kier alpha value is -1.06. The first-order valence-electron chi connectivity index (χ1n) is 5.42. The number of para-hydroxylation sites is 1. The maximum Gasteiger partial charge on any atom is 0.119 e. The van der Waals surface area contributed by atoms with Gasteiger partial charge in [0, 0.05) is 6.54 Å². The van der Waals surface area contributed by atoms with E-state index in [0.717, 1.165) is 18.6 Å². The molecule has 3 nitrogen and oxygen atoms in total. The van der Waals surface area contributed by atoms with Crippen LogP contribution in [-0.4, -0.2) is 25.4 Å². The maximum atomic E-state index is 5.68. The van der Waals surface area contributed by atoms with Crippen molar-refractivity contribution in [3.63, 3.8) is 0 Å². The molecule has 0 bridgehead atoms. The molecule has 0 aliphatic carbocycles.